The Kier molecular flexibility index (Phi) is 5.36. The second-order valence-corrected chi connectivity index (χ2v) is 8.95. The van der Waals surface area contributed by atoms with Crippen LogP contribution in [0.4, 0.5) is 5.69 Å². The molecule has 3 heterocycles. The zero-order valence-corrected chi connectivity index (χ0v) is 19.6. The molecule has 6 heteroatoms. The second-order valence-electron chi connectivity index (χ2n) is 8.95. The summed E-state index contributed by atoms with van der Waals surface area (Å²) in [6.07, 6.45) is 1.72. The van der Waals surface area contributed by atoms with Gasteiger partial charge in [-0.2, -0.15) is 5.10 Å². The first-order chi connectivity index (χ1) is 15.9. The van der Waals surface area contributed by atoms with Gasteiger partial charge >= 0.3 is 0 Å². The Balaban J connectivity index is 1.42. The lowest BCUT2D eigenvalue weighted by Crippen LogP contribution is -2.54. The lowest BCUT2D eigenvalue weighted by molar-refractivity contribution is 0.0724. The molecule has 4 aromatic rings. The van der Waals surface area contributed by atoms with Crippen molar-refractivity contribution in [2.45, 2.75) is 33.7 Å². The van der Waals surface area contributed by atoms with Gasteiger partial charge in [0.05, 0.1) is 17.0 Å². The van der Waals surface area contributed by atoms with Crippen LogP contribution in [0.25, 0.3) is 16.8 Å². The van der Waals surface area contributed by atoms with E-state index in [2.05, 4.69) is 60.1 Å². The van der Waals surface area contributed by atoms with Crippen molar-refractivity contribution in [2.75, 3.05) is 24.5 Å². The smallest absolute Gasteiger partial charge is 0.257 e. The lowest BCUT2D eigenvalue weighted by Gasteiger charge is -2.41. The maximum absolute atomic E-state index is 13.5. The van der Waals surface area contributed by atoms with Crippen LogP contribution in [-0.4, -0.2) is 51.1 Å². The number of fused-ring (bicyclic) bond motifs is 1. The number of carbonyl (C=O) groups excluding carboxylic acids is 1. The second kappa shape index (κ2) is 8.35. The number of hydrogen-bond acceptors (Lipinski definition) is 4. The van der Waals surface area contributed by atoms with Crippen LogP contribution in [0.2, 0.25) is 0 Å². The van der Waals surface area contributed by atoms with Crippen LogP contribution < -0.4 is 4.90 Å². The minimum Gasteiger partial charge on any atom is -0.365 e. The van der Waals surface area contributed by atoms with Gasteiger partial charge in [0.1, 0.15) is 0 Å². The highest BCUT2D eigenvalue weighted by Crippen LogP contribution is 2.29. The van der Waals surface area contributed by atoms with E-state index < -0.39 is 0 Å². The Labute approximate surface area is 194 Å². The van der Waals surface area contributed by atoms with Crippen LogP contribution in [0.3, 0.4) is 0 Å². The third kappa shape index (κ3) is 3.75. The molecule has 0 saturated carbocycles. The highest BCUT2D eigenvalue weighted by Gasteiger charge is 2.29. The average Bonchev–Trinajstić information content (AvgIpc) is 3.16. The van der Waals surface area contributed by atoms with E-state index in [1.165, 1.54) is 11.3 Å². The highest BCUT2D eigenvalue weighted by atomic mass is 16.2. The lowest BCUT2D eigenvalue weighted by atomic mass is 10.1. The SMILES string of the molecule is Cc1cccc(N2CCN(C(=O)c3cnc4c(-c5ccccc5)c(C)nn4c3C)C[C@H]2C)c1. The maximum Gasteiger partial charge on any atom is 0.257 e. The van der Waals surface area contributed by atoms with Gasteiger partial charge in [-0.25, -0.2) is 9.50 Å². The Morgan fingerprint density at radius 3 is 2.52 bits per heavy atom. The Hall–Kier alpha value is -3.67. The molecule has 168 valence electrons. The number of benzene rings is 2. The van der Waals surface area contributed by atoms with Gasteiger partial charge in [-0.1, -0.05) is 42.5 Å². The molecule has 6 nitrogen and oxygen atoms in total. The maximum atomic E-state index is 13.5. The molecule has 1 saturated heterocycles. The fourth-order valence-corrected chi connectivity index (χ4v) is 4.86. The fourth-order valence-electron chi connectivity index (χ4n) is 4.86. The number of nitrogens with zero attached hydrogens (tertiary/aromatic N) is 5. The van der Waals surface area contributed by atoms with Gasteiger partial charge in [-0.3, -0.25) is 4.79 Å². The molecule has 0 bridgehead atoms. The normalized spacial score (nSPS) is 16.4. The molecule has 0 spiro atoms. The van der Waals surface area contributed by atoms with Crippen LogP contribution >= 0.6 is 0 Å². The van der Waals surface area contributed by atoms with Crippen molar-refractivity contribution >= 4 is 17.2 Å². The van der Waals surface area contributed by atoms with Gasteiger partial charge in [0.25, 0.3) is 5.91 Å². The zero-order chi connectivity index (χ0) is 23.1. The molecule has 0 radical (unpaired) electrons. The summed E-state index contributed by atoms with van der Waals surface area (Å²) in [5.41, 5.74) is 7.68. The minimum atomic E-state index is 0.0204. The number of aryl methyl sites for hydroxylation is 3. The molecular weight excluding hydrogens is 410 g/mol. The van der Waals surface area contributed by atoms with Crippen molar-refractivity contribution in [3.8, 4) is 11.1 Å². The number of carbonyl (C=O) groups is 1. The number of rotatable bonds is 3. The molecule has 0 N–H and O–H groups in total. The van der Waals surface area contributed by atoms with E-state index in [0.29, 0.717) is 18.7 Å². The van der Waals surface area contributed by atoms with Gasteiger partial charge in [-0.05, 0) is 51.0 Å². The summed E-state index contributed by atoms with van der Waals surface area (Å²) in [5, 5.41) is 4.73. The summed E-state index contributed by atoms with van der Waals surface area (Å²) in [6, 6.07) is 19.0. The molecule has 2 aromatic heterocycles. The first-order valence-corrected chi connectivity index (χ1v) is 11.5. The van der Waals surface area contributed by atoms with Gasteiger partial charge < -0.3 is 9.80 Å². The van der Waals surface area contributed by atoms with Gasteiger partial charge in [-0.15, -0.1) is 0 Å². The number of piperazine rings is 1. The Morgan fingerprint density at radius 2 is 1.79 bits per heavy atom. The first kappa shape index (κ1) is 21.2. The van der Waals surface area contributed by atoms with Crippen molar-refractivity contribution in [2.24, 2.45) is 0 Å². The molecule has 1 aliphatic heterocycles. The summed E-state index contributed by atoms with van der Waals surface area (Å²) < 4.78 is 1.82. The van der Waals surface area contributed by atoms with E-state index in [9.17, 15) is 4.79 Å². The van der Waals surface area contributed by atoms with E-state index >= 15 is 0 Å². The molecule has 2 aromatic carbocycles. The number of aromatic nitrogens is 3. The molecule has 33 heavy (non-hydrogen) atoms. The van der Waals surface area contributed by atoms with Crippen molar-refractivity contribution in [1.29, 1.82) is 0 Å². The number of amides is 1. The van der Waals surface area contributed by atoms with Crippen molar-refractivity contribution in [1.82, 2.24) is 19.5 Å². The third-order valence-corrected chi connectivity index (χ3v) is 6.60. The quantitative estimate of drug-likeness (QED) is 0.465. The van der Waals surface area contributed by atoms with Crippen LogP contribution in [0, 0.1) is 20.8 Å². The topological polar surface area (TPSA) is 53.7 Å². The molecule has 0 unspecified atom stereocenters. The number of anilines is 1. The van der Waals surface area contributed by atoms with Crippen LogP contribution in [0.1, 0.15) is 34.2 Å². The predicted octanol–water partition coefficient (Wildman–Crippen LogP) is 4.67. The van der Waals surface area contributed by atoms with Gasteiger partial charge in [0.2, 0.25) is 0 Å². The third-order valence-electron chi connectivity index (χ3n) is 6.60. The number of hydrogen-bond donors (Lipinski definition) is 0. The largest absolute Gasteiger partial charge is 0.365 e. The first-order valence-electron chi connectivity index (χ1n) is 11.5. The summed E-state index contributed by atoms with van der Waals surface area (Å²) in [7, 11) is 0. The van der Waals surface area contributed by atoms with E-state index in [-0.39, 0.29) is 11.9 Å². The predicted molar refractivity (Wildman–Crippen MR) is 132 cm³/mol. The monoisotopic (exact) mass is 439 g/mol. The fraction of sp³-hybridized carbons (Fsp3) is 0.296. The molecular formula is C27H29N5O. The van der Waals surface area contributed by atoms with Crippen LogP contribution in [0.15, 0.2) is 60.8 Å². The van der Waals surface area contributed by atoms with E-state index in [0.717, 1.165) is 34.7 Å². The van der Waals surface area contributed by atoms with E-state index in [4.69, 9.17) is 5.10 Å². The van der Waals surface area contributed by atoms with Crippen LogP contribution in [-0.2, 0) is 0 Å². The molecule has 1 atom stereocenters. The molecule has 1 aliphatic rings. The Morgan fingerprint density at radius 1 is 1.00 bits per heavy atom. The van der Waals surface area contributed by atoms with Gasteiger partial charge in [0, 0.05) is 43.1 Å². The molecule has 0 aliphatic carbocycles. The van der Waals surface area contributed by atoms with Crippen LogP contribution in [0.5, 0.6) is 0 Å². The van der Waals surface area contributed by atoms with Crippen molar-refractivity contribution in [3.63, 3.8) is 0 Å². The standard InChI is InChI=1S/C27H29N5O/c1-18-9-8-12-23(15-18)31-14-13-30(17-19(31)2)27(33)24-16-28-26-25(22-10-6-5-7-11-22)20(3)29-32(26)21(24)4/h5-12,15-16,19H,13-14,17H2,1-4H3/t19-/m1/s1. The van der Waals surface area contributed by atoms with Crippen molar-refractivity contribution in [3.05, 3.63) is 83.3 Å². The molecule has 1 fully saturated rings. The Bertz CT molecular complexity index is 1330. The minimum absolute atomic E-state index is 0.0204. The van der Waals surface area contributed by atoms with E-state index in [1.807, 2.05) is 41.5 Å². The van der Waals surface area contributed by atoms with E-state index in [1.54, 1.807) is 6.20 Å². The molecule has 1 amide bonds. The summed E-state index contributed by atoms with van der Waals surface area (Å²) in [5.74, 6) is 0.0204. The average molecular weight is 440 g/mol. The van der Waals surface area contributed by atoms with Crippen molar-refractivity contribution < 1.29 is 4.79 Å². The summed E-state index contributed by atoms with van der Waals surface area (Å²) in [4.78, 5) is 22.5. The highest BCUT2D eigenvalue weighted by molar-refractivity contribution is 5.96. The summed E-state index contributed by atoms with van der Waals surface area (Å²) in [6.45, 7) is 10.4. The van der Waals surface area contributed by atoms with Gasteiger partial charge in [0.15, 0.2) is 5.65 Å². The molecule has 5 rings (SSSR count). The summed E-state index contributed by atoms with van der Waals surface area (Å²) >= 11 is 0. The zero-order valence-electron chi connectivity index (χ0n) is 19.6.